The summed E-state index contributed by atoms with van der Waals surface area (Å²) < 4.78 is 37.6. The van der Waals surface area contributed by atoms with Crippen LogP contribution in [0.25, 0.3) is 0 Å². The first-order valence-electron chi connectivity index (χ1n) is 9.75. The van der Waals surface area contributed by atoms with Crippen molar-refractivity contribution in [1.82, 2.24) is 16.2 Å². The van der Waals surface area contributed by atoms with E-state index in [4.69, 9.17) is 0 Å². The third-order valence-electron chi connectivity index (χ3n) is 4.49. The molecule has 0 aromatic heterocycles. The predicted molar refractivity (Wildman–Crippen MR) is 109 cm³/mol. The molecule has 0 saturated carbocycles. The lowest BCUT2D eigenvalue weighted by molar-refractivity contribution is -0.137. The Hall–Kier alpha value is -3.36. The maximum atomic E-state index is 12.5. The number of halogens is 3. The van der Waals surface area contributed by atoms with Crippen molar-refractivity contribution in [3.63, 3.8) is 0 Å². The van der Waals surface area contributed by atoms with E-state index in [1.165, 1.54) is 5.56 Å². The standard InChI is InChI=1S/C22H24F3N3O3/c1-15(7-8-16-5-3-2-4-6-16)26-19(29)13-14-20(30)27-28-21(31)17-9-11-18(12-10-17)22(23,24)25/h2-6,9-12,15H,7-8,13-14H2,1H3,(H,26,29)(H,27,30)(H,28,31)/t15-/m1/s1. The second-order valence-corrected chi connectivity index (χ2v) is 7.07. The first-order valence-corrected chi connectivity index (χ1v) is 9.75. The van der Waals surface area contributed by atoms with Gasteiger partial charge in [-0.2, -0.15) is 13.2 Å². The summed E-state index contributed by atoms with van der Waals surface area (Å²) in [5.41, 5.74) is 4.50. The summed E-state index contributed by atoms with van der Waals surface area (Å²) in [6.45, 7) is 1.88. The highest BCUT2D eigenvalue weighted by Gasteiger charge is 2.30. The number of aryl methyl sites for hydroxylation is 1. The van der Waals surface area contributed by atoms with E-state index in [2.05, 4.69) is 16.2 Å². The molecule has 9 heteroatoms. The second kappa shape index (κ2) is 11.1. The van der Waals surface area contributed by atoms with E-state index in [-0.39, 0.29) is 30.4 Å². The molecule has 1 atom stereocenters. The van der Waals surface area contributed by atoms with Gasteiger partial charge in [-0.1, -0.05) is 30.3 Å². The number of nitrogens with one attached hydrogen (secondary N) is 3. The van der Waals surface area contributed by atoms with E-state index < -0.39 is 23.6 Å². The Morgan fingerprint density at radius 1 is 0.871 bits per heavy atom. The van der Waals surface area contributed by atoms with E-state index in [0.717, 1.165) is 37.1 Å². The number of rotatable bonds is 8. The quantitative estimate of drug-likeness (QED) is 0.556. The molecule has 2 aromatic carbocycles. The van der Waals surface area contributed by atoms with E-state index in [0.29, 0.717) is 0 Å². The van der Waals surface area contributed by atoms with Crippen molar-refractivity contribution >= 4 is 17.7 Å². The Balaban J connectivity index is 1.66. The highest BCUT2D eigenvalue weighted by Crippen LogP contribution is 2.29. The zero-order valence-corrected chi connectivity index (χ0v) is 17.0. The van der Waals surface area contributed by atoms with Gasteiger partial charge in [0, 0.05) is 24.4 Å². The van der Waals surface area contributed by atoms with Crippen molar-refractivity contribution in [3.05, 3.63) is 71.3 Å². The number of hydrazine groups is 1. The minimum atomic E-state index is -4.50. The van der Waals surface area contributed by atoms with Gasteiger partial charge in [0.25, 0.3) is 5.91 Å². The molecule has 0 saturated heterocycles. The Morgan fingerprint density at radius 3 is 2.10 bits per heavy atom. The molecule has 2 aromatic rings. The van der Waals surface area contributed by atoms with Crippen molar-refractivity contribution in [1.29, 1.82) is 0 Å². The van der Waals surface area contributed by atoms with Crippen LogP contribution in [0.15, 0.2) is 54.6 Å². The second-order valence-electron chi connectivity index (χ2n) is 7.07. The average molecular weight is 435 g/mol. The van der Waals surface area contributed by atoms with Crippen LogP contribution in [0.1, 0.15) is 47.7 Å². The SMILES string of the molecule is C[C@H](CCc1ccccc1)NC(=O)CCC(=O)NNC(=O)c1ccc(C(F)(F)F)cc1. The molecule has 2 rings (SSSR count). The molecule has 0 bridgehead atoms. The maximum Gasteiger partial charge on any atom is 0.416 e. The van der Waals surface area contributed by atoms with Gasteiger partial charge in [0.2, 0.25) is 11.8 Å². The monoisotopic (exact) mass is 435 g/mol. The Labute approximate surface area is 178 Å². The fraction of sp³-hybridized carbons (Fsp3) is 0.318. The molecule has 0 fully saturated rings. The Morgan fingerprint density at radius 2 is 1.48 bits per heavy atom. The van der Waals surface area contributed by atoms with Crippen LogP contribution in [-0.4, -0.2) is 23.8 Å². The number of hydrogen-bond acceptors (Lipinski definition) is 3. The third kappa shape index (κ3) is 8.49. The normalized spacial score (nSPS) is 12.0. The highest BCUT2D eigenvalue weighted by molar-refractivity contribution is 5.95. The third-order valence-corrected chi connectivity index (χ3v) is 4.49. The molecule has 0 aliphatic carbocycles. The van der Waals surface area contributed by atoms with Crippen LogP contribution in [-0.2, 0) is 22.2 Å². The molecule has 0 heterocycles. The van der Waals surface area contributed by atoms with Gasteiger partial charge in [0.1, 0.15) is 0 Å². The van der Waals surface area contributed by atoms with Crippen LogP contribution in [0.4, 0.5) is 13.2 Å². The fourth-order valence-electron chi connectivity index (χ4n) is 2.75. The summed E-state index contributed by atoms with van der Waals surface area (Å²) >= 11 is 0. The number of carbonyl (C=O) groups is 3. The molecule has 6 nitrogen and oxygen atoms in total. The molecule has 0 unspecified atom stereocenters. The van der Waals surface area contributed by atoms with Crippen LogP contribution in [0.5, 0.6) is 0 Å². The maximum absolute atomic E-state index is 12.5. The molecule has 166 valence electrons. The van der Waals surface area contributed by atoms with Gasteiger partial charge in [-0.15, -0.1) is 0 Å². The summed E-state index contributed by atoms with van der Waals surface area (Å²) in [7, 11) is 0. The van der Waals surface area contributed by atoms with E-state index >= 15 is 0 Å². The van der Waals surface area contributed by atoms with E-state index in [9.17, 15) is 27.6 Å². The molecular weight excluding hydrogens is 411 g/mol. The van der Waals surface area contributed by atoms with Gasteiger partial charge in [-0.3, -0.25) is 25.2 Å². The number of hydrogen-bond donors (Lipinski definition) is 3. The lowest BCUT2D eigenvalue weighted by Crippen LogP contribution is -2.42. The smallest absolute Gasteiger partial charge is 0.354 e. The molecule has 3 N–H and O–H groups in total. The molecule has 0 radical (unpaired) electrons. The molecule has 0 aliphatic heterocycles. The van der Waals surface area contributed by atoms with Crippen LogP contribution >= 0.6 is 0 Å². The number of carbonyl (C=O) groups excluding carboxylic acids is 3. The summed E-state index contributed by atoms with van der Waals surface area (Å²) in [5, 5.41) is 2.82. The molecule has 0 aliphatic rings. The lowest BCUT2D eigenvalue weighted by Gasteiger charge is -2.14. The molecule has 31 heavy (non-hydrogen) atoms. The van der Waals surface area contributed by atoms with Gasteiger partial charge in [-0.25, -0.2) is 0 Å². The van der Waals surface area contributed by atoms with Gasteiger partial charge in [0.05, 0.1) is 5.56 Å². The predicted octanol–water partition coefficient (Wildman–Crippen LogP) is 3.38. The fourth-order valence-corrected chi connectivity index (χ4v) is 2.75. The van der Waals surface area contributed by atoms with Gasteiger partial charge in [-0.05, 0) is 49.6 Å². The minimum Gasteiger partial charge on any atom is -0.354 e. The average Bonchev–Trinajstić information content (AvgIpc) is 2.75. The minimum absolute atomic E-state index is 0.0433. The largest absolute Gasteiger partial charge is 0.416 e. The Bertz CT molecular complexity index is 884. The van der Waals surface area contributed by atoms with E-state index in [1.54, 1.807) is 0 Å². The van der Waals surface area contributed by atoms with Crippen LogP contribution in [0.3, 0.4) is 0 Å². The number of amides is 3. The van der Waals surface area contributed by atoms with Crippen molar-refractivity contribution in [2.45, 2.75) is 44.8 Å². The van der Waals surface area contributed by atoms with E-state index in [1.807, 2.05) is 37.3 Å². The van der Waals surface area contributed by atoms with Crippen molar-refractivity contribution in [3.8, 4) is 0 Å². The first kappa shape index (κ1) is 23.9. The zero-order chi connectivity index (χ0) is 22.9. The van der Waals surface area contributed by atoms with Gasteiger partial charge < -0.3 is 5.32 Å². The summed E-state index contributed by atoms with van der Waals surface area (Å²) in [4.78, 5) is 35.7. The van der Waals surface area contributed by atoms with Crippen molar-refractivity contribution in [2.24, 2.45) is 0 Å². The van der Waals surface area contributed by atoms with Crippen molar-refractivity contribution in [2.75, 3.05) is 0 Å². The summed E-state index contributed by atoms with van der Waals surface area (Å²) in [6, 6.07) is 13.4. The first-order chi connectivity index (χ1) is 14.6. The number of alkyl halides is 3. The Kier molecular flexibility index (Phi) is 8.60. The molecular formula is C22H24F3N3O3. The van der Waals surface area contributed by atoms with Gasteiger partial charge in [0.15, 0.2) is 0 Å². The lowest BCUT2D eigenvalue weighted by atomic mass is 10.1. The van der Waals surface area contributed by atoms with Gasteiger partial charge >= 0.3 is 6.18 Å². The number of benzene rings is 2. The topological polar surface area (TPSA) is 87.3 Å². The van der Waals surface area contributed by atoms with Crippen LogP contribution < -0.4 is 16.2 Å². The van der Waals surface area contributed by atoms with Crippen LogP contribution in [0.2, 0.25) is 0 Å². The molecule has 3 amide bonds. The summed E-state index contributed by atoms with van der Waals surface area (Å²) in [6.07, 6.45) is -3.13. The van der Waals surface area contributed by atoms with Crippen LogP contribution in [0, 0.1) is 0 Å². The van der Waals surface area contributed by atoms with Crippen molar-refractivity contribution < 1.29 is 27.6 Å². The molecule has 0 spiro atoms. The highest BCUT2D eigenvalue weighted by atomic mass is 19.4. The zero-order valence-electron chi connectivity index (χ0n) is 17.0. The summed E-state index contributed by atoms with van der Waals surface area (Å²) in [5.74, 6) is -1.64.